The minimum absolute atomic E-state index is 0.381. The number of pyridine rings is 1. The third kappa shape index (κ3) is 2.41. The van der Waals surface area contributed by atoms with Gasteiger partial charge in [0.05, 0.1) is 18.4 Å². The maximum Gasteiger partial charge on any atom is 0.266 e. The minimum Gasteiger partial charge on any atom is -0.492 e. The van der Waals surface area contributed by atoms with Crippen LogP contribution in [0.3, 0.4) is 0 Å². The number of carbonyl (C=O) groups excluding carboxylic acids is 1. The zero-order chi connectivity index (χ0) is 9.68. The number of nitrogens with zero attached hydrogens (tertiary/aromatic N) is 1. The summed E-state index contributed by atoms with van der Waals surface area (Å²) in [5.74, 6) is 5.14. The van der Waals surface area contributed by atoms with Gasteiger partial charge in [-0.05, 0) is 13.0 Å². The molecule has 0 radical (unpaired) electrons. The lowest BCUT2D eigenvalue weighted by molar-refractivity contribution is 0.0953. The summed E-state index contributed by atoms with van der Waals surface area (Å²) in [7, 11) is 0. The molecule has 0 spiro atoms. The van der Waals surface area contributed by atoms with E-state index in [0.29, 0.717) is 17.9 Å². The highest BCUT2D eigenvalue weighted by Gasteiger charge is 2.04. The van der Waals surface area contributed by atoms with Crippen molar-refractivity contribution >= 4 is 5.91 Å². The van der Waals surface area contributed by atoms with Crippen LogP contribution in [0.5, 0.6) is 5.75 Å². The van der Waals surface area contributed by atoms with Crippen LogP contribution in [0.1, 0.15) is 17.3 Å². The van der Waals surface area contributed by atoms with Crippen molar-refractivity contribution in [3.63, 3.8) is 0 Å². The number of aromatic nitrogens is 1. The summed E-state index contributed by atoms with van der Waals surface area (Å²) in [6, 6.07) is 1.58. The van der Waals surface area contributed by atoms with Gasteiger partial charge in [-0.2, -0.15) is 0 Å². The molecule has 0 aliphatic rings. The molecule has 1 heterocycles. The Morgan fingerprint density at radius 2 is 2.46 bits per heavy atom. The number of hydrogen-bond donors (Lipinski definition) is 2. The van der Waals surface area contributed by atoms with Crippen LogP contribution in [0.4, 0.5) is 0 Å². The molecule has 0 aliphatic carbocycles. The Hall–Kier alpha value is -1.62. The summed E-state index contributed by atoms with van der Waals surface area (Å²) in [4.78, 5) is 14.9. The van der Waals surface area contributed by atoms with E-state index in [0.717, 1.165) is 0 Å². The molecule has 0 aliphatic heterocycles. The zero-order valence-electron chi connectivity index (χ0n) is 7.28. The maximum atomic E-state index is 11.0. The van der Waals surface area contributed by atoms with E-state index in [1.54, 1.807) is 6.07 Å². The van der Waals surface area contributed by atoms with Gasteiger partial charge in [0.25, 0.3) is 5.91 Å². The molecule has 0 fully saturated rings. The molecule has 1 amide bonds. The van der Waals surface area contributed by atoms with Crippen molar-refractivity contribution in [2.75, 3.05) is 6.61 Å². The first-order valence-corrected chi connectivity index (χ1v) is 3.86. The topological polar surface area (TPSA) is 77.2 Å². The molecule has 1 rings (SSSR count). The second kappa shape index (κ2) is 4.42. The second-order valence-corrected chi connectivity index (χ2v) is 2.32. The summed E-state index contributed by atoms with van der Waals surface area (Å²) < 4.78 is 5.16. The Kier molecular flexibility index (Phi) is 3.22. The van der Waals surface area contributed by atoms with E-state index >= 15 is 0 Å². The molecule has 1 aromatic rings. The molecule has 5 nitrogen and oxygen atoms in total. The fourth-order valence-corrected chi connectivity index (χ4v) is 0.872. The molecule has 0 atom stereocenters. The fraction of sp³-hybridized carbons (Fsp3) is 0.250. The molecule has 5 heteroatoms. The molecule has 1 aromatic heterocycles. The Morgan fingerprint density at radius 1 is 1.69 bits per heavy atom. The van der Waals surface area contributed by atoms with Crippen molar-refractivity contribution in [2.45, 2.75) is 6.92 Å². The highest BCUT2D eigenvalue weighted by molar-refractivity contribution is 5.93. The molecule has 0 bridgehead atoms. The number of rotatable bonds is 3. The van der Waals surface area contributed by atoms with E-state index in [2.05, 4.69) is 4.98 Å². The molecule has 70 valence electrons. The maximum absolute atomic E-state index is 11.0. The van der Waals surface area contributed by atoms with Gasteiger partial charge in [0, 0.05) is 6.20 Å². The zero-order valence-corrected chi connectivity index (χ0v) is 7.28. The van der Waals surface area contributed by atoms with Crippen molar-refractivity contribution in [3.8, 4) is 5.75 Å². The van der Waals surface area contributed by atoms with Gasteiger partial charge in [-0.15, -0.1) is 0 Å². The lowest BCUT2D eigenvalue weighted by Gasteiger charge is -2.03. The number of amides is 1. The van der Waals surface area contributed by atoms with E-state index in [-0.39, 0.29) is 5.91 Å². The van der Waals surface area contributed by atoms with Crippen LogP contribution in [0.15, 0.2) is 18.5 Å². The summed E-state index contributed by atoms with van der Waals surface area (Å²) in [6.45, 7) is 2.39. The highest BCUT2D eigenvalue weighted by atomic mass is 16.5. The molecular weight excluding hydrogens is 170 g/mol. The molecule has 0 saturated carbocycles. The Bertz CT molecular complexity index is 301. The molecule has 0 saturated heterocycles. The smallest absolute Gasteiger partial charge is 0.266 e. The van der Waals surface area contributed by atoms with E-state index in [1.807, 2.05) is 12.3 Å². The number of nitrogen functional groups attached to an aromatic ring is 1. The van der Waals surface area contributed by atoms with Crippen LogP contribution in [0, 0.1) is 0 Å². The summed E-state index contributed by atoms with van der Waals surface area (Å²) in [5.41, 5.74) is 2.40. The Labute approximate surface area is 75.9 Å². The van der Waals surface area contributed by atoms with Crippen LogP contribution < -0.4 is 16.0 Å². The van der Waals surface area contributed by atoms with Gasteiger partial charge in [-0.1, -0.05) is 0 Å². The van der Waals surface area contributed by atoms with E-state index in [4.69, 9.17) is 10.6 Å². The predicted molar refractivity (Wildman–Crippen MR) is 47.1 cm³/mol. The summed E-state index contributed by atoms with van der Waals surface area (Å²) in [5, 5.41) is 0. The van der Waals surface area contributed by atoms with Gasteiger partial charge in [0.2, 0.25) is 0 Å². The van der Waals surface area contributed by atoms with Gasteiger partial charge < -0.3 is 4.74 Å². The van der Waals surface area contributed by atoms with E-state index in [9.17, 15) is 4.79 Å². The fourth-order valence-electron chi connectivity index (χ4n) is 0.872. The lowest BCUT2D eigenvalue weighted by atomic mass is 10.2. The number of nitrogens with one attached hydrogen (secondary N) is 1. The monoisotopic (exact) mass is 181 g/mol. The Balaban J connectivity index is 2.85. The Morgan fingerprint density at radius 3 is 3.08 bits per heavy atom. The first-order chi connectivity index (χ1) is 6.27. The molecule has 3 N–H and O–H groups in total. The van der Waals surface area contributed by atoms with Crippen LogP contribution >= 0.6 is 0 Å². The predicted octanol–water partition coefficient (Wildman–Crippen LogP) is 0.0838. The molecular formula is C8H11N3O2. The number of ether oxygens (including phenoxy) is 1. The minimum atomic E-state index is -0.381. The van der Waals surface area contributed by atoms with Crippen LogP contribution in [0.2, 0.25) is 0 Å². The van der Waals surface area contributed by atoms with Gasteiger partial charge in [0.1, 0.15) is 5.75 Å². The number of hydrazine groups is 1. The molecule has 13 heavy (non-hydrogen) atoms. The third-order valence-electron chi connectivity index (χ3n) is 1.42. The highest BCUT2D eigenvalue weighted by Crippen LogP contribution is 2.10. The lowest BCUT2D eigenvalue weighted by Crippen LogP contribution is -2.30. The number of nitrogens with two attached hydrogens (primary N) is 1. The molecule has 0 unspecified atom stereocenters. The van der Waals surface area contributed by atoms with Gasteiger partial charge in [-0.3, -0.25) is 15.2 Å². The summed E-state index contributed by atoms with van der Waals surface area (Å²) in [6.07, 6.45) is 2.96. The van der Waals surface area contributed by atoms with Crippen molar-refractivity contribution in [3.05, 3.63) is 24.0 Å². The quantitative estimate of drug-likeness (QED) is 0.393. The first-order valence-electron chi connectivity index (χ1n) is 3.86. The average Bonchev–Trinajstić information content (AvgIpc) is 2.18. The standard InChI is InChI=1S/C8H11N3O2/c1-2-13-7-3-6(4-10-5-7)8(12)11-9/h3-5H,2,9H2,1H3,(H,11,12). The van der Waals surface area contributed by atoms with Crippen LogP contribution in [0.25, 0.3) is 0 Å². The molecule has 0 aromatic carbocycles. The van der Waals surface area contributed by atoms with Crippen molar-refractivity contribution in [1.29, 1.82) is 0 Å². The largest absolute Gasteiger partial charge is 0.492 e. The second-order valence-electron chi connectivity index (χ2n) is 2.32. The van der Waals surface area contributed by atoms with Gasteiger partial charge in [0.15, 0.2) is 0 Å². The average molecular weight is 181 g/mol. The SMILES string of the molecule is CCOc1cncc(C(=O)NN)c1. The van der Waals surface area contributed by atoms with E-state index < -0.39 is 0 Å². The van der Waals surface area contributed by atoms with Gasteiger partial charge in [-0.25, -0.2) is 5.84 Å². The van der Waals surface area contributed by atoms with Crippen molar-refractivity contribution < 1.29 is 9.53 Å². The van der Waals surface area contributed by atoms with Crippen molar-refractivity contribution in [2.24, 2.45) is 5.84 Å². The number of carbonyl (C=O) groups is 1. The van der Waals surface area contributed by atoms with Crippen LogP contribution in [-0.2, 0) is 0 Å². The van der Waals surface area contributed by atoms with Crippen molar-refractivity contribution in [1.82, 2.24) is 10.4 Å². The van der Waals surface area contributed by atoms with E-state index in [1.165, 1.54) is 12.4 Å². The third-order valence-corrected chi connectivity index (χ3v) is 1.42. The first kappa shape index (κ1) is 9.47. The normalized spacial score (nSPS) is 9.38. The number of hydrogen-bond acceptors (Lipinski definition) is 4. The van der Waals surface area contributed by atoms with Gasteiger partial charge >= 0.3 is 0 Å². The summed E-state index contributed by atoms with van der Waals surface area (Å²) >= 11 is 0. The van der Waals surface area contributed by atoms with Crippen LogP contribution in [-0.4, -0.2) is 17.5 Å².